The number of thioether (sulfide) groups is 1. The summed E-state index contributed by atoms with van der Waals surface area (Å²) < 4.78 is 14.8. The fourth-order valence-electron chi connectivity index (χ4n) is 3.05. The van der Waals surface area contributed by atoms with E-state index in [9.17, 15) is 0 Å². The van der Waals surface area contributed by atoms with Crippen LogP contribution in [0, 0.1) is 0 Å². The van der Waals surface area contributed by atoms with Crippen LogP contribution in [0.3, 0.4) is 0 Å². The summed E-state index contributed by atoms with van der Waals surface area (Å²) >= 11 is 1.91. The maximum absolute atomic E-state index is 6.45. The van der Waals surface area contributed by atoms with Crippen molar-refractivity contribution in [1.82, 2.24) is 9.55 Å². The van der Waals surface area contributed by atoms with Gasteiger partial charge in [-0.05, 0) is 25.5 Å². The third kappa shape index (κ3) is 5.23. The van der Waals surface area contributed by atoms with Gasteiger partial charge in [0.25, 0.3) is 0 Å². The molecule has 0 aliphatic carbocycles. The fraction of sp³-hybridized carbons (Fsp3) is 0.833. The van der Waals surface area contributed by atoms with E-state index in [1.165, 1.54) is 32.1 Å². The van der Waals surface area contributed by atoms with Crippen LogP contribution in [0.15, 0.2) is 18.7 Å². The van der Waals surface area contributed by atoms with Gasteiger partial charge in [0.2, 0.25) is 0 Å². The lowest BCUT2D eigenvalue weighted by Crippen LogP contribution is -2.39. The molecule has 2 heterocycles. The predicted molar refractivity (Wildman–Crippen MR) is 96.6 cm³/mol. The van der Waals surface area contributed by atoms with E-state index in [0.29, 0.717) is 6.61 Å². The number of unbranched alkanes of at least 4 members (excludes halogenated alkanes) is 4. The van der Waals surface area contributed by atoms with Crippen molar-refractivity contribution in [1.29, 1.82) is 0 Å². The molecular weight excluding hydrogens is 308 g/mol. The van der Waals surface area contributed by atoms with Gasteiger partial charge in [0.1, 0.15) is 5.44 Å². The molecule has 0 N–H and O–H groups in total. The molecule has 0 bridgehead atoms. The van der Waals surface area contributed by atoms with Crippen molar-refractivity contribution < 1.29 is 9.47 Å². The van der Waals surface area contributed by atoms with Crippen LogP contribution in [0.5, 0.6) is 0 Å². The van der Waals surface area contributed by atoms with E-state index in [0.717, 1.165) is 18.6 Å². The highest BCUT2D eigenvalue weighted by atomic mass is 32.2. The lowest BCUT2D eigenvalue weighted by molar-refractivity contribution is -0.194. The Morgan fingerprint density at radius 1 is 1.26 bits per heavy atom. The molecule has 3 atom stereocenters. The molecule has 0 amide bonds. The molecule has 0 aromatic carbocycles. The second-order valence-corrected chi connectivity index (χ2v) is 7.66. The Balaban J connectivity index is 1.95. The molecule has 1 saturated heterocycles. The Labute approximate surface area is 145 Å². The number of hydrogen-bond acceptors (Lipinski definition) is 4. The molecule has 2 rings (SSSR count). The van der Waals surface area contributed by atoms with E-state index in [2.05, 4.69) is 30.3 Å². The molecule has 0 radical (unpaired) electrons. The van der Waals surface area contributed by atoms with Crippen molar-refractivity contribution >= 4 is 11.8 Å². The van der Waals surface area contributed by atoms with E-state index in [4.69, 9.17) is 9.47 Å². The smallest absolute Gasteiger partial charge is 0.190 e. The molecule has 1 aliphatic heterocycles. The minimum absolute atomic E-state index is 0.142. The molecule has 5 heteroatoms. The second-order valence-electron chi connectivity index (χ2n) is 6.39. The average Bonchev–Trinajstić information content (AvgIpc) is 3.22. The lowest BCUT2D eigenvalue weighted by Gasteiger charge is -2.34. The zero-order valence-electron chi connectivity index (χ0n) is 14.9. The molecule has 0 spiro atoms. The van der Waals surface area contributed by atoms with Crippen LogP contribution in [0.4, 0.5) is 0 Å². The van der Waals surface area contributed by atoms with Gasteiger partial charge in [-0.3, -0.25) is 0 Å². The number of nitrogens with zero attached hydrogens (tertiary/aromatic N) is 2. The SMILES string of the molecule is CCCCCSC1COC(CCCCC)(C(C)n2ccnc2)O1. The van der Waals surface area contributed by atoms with Gasteiger partial charge in [-0.15, -0.1) is 11.8 Å². The summed E-state index contributed by atoms with van der Waals surface area (Å²) in [5, 5.41) is 0. The number of rotatable bonds is 11. The van der Waals surface area contributed by atoms with Gasteiger partial charge in [0, 0.05) is 18.8 Å². The van der Waals surface area contributed by atoms with Gasteiger partial charge < -0.3 is 14.0 Å². The fourth-order valence-corrected chi connectivity index (χ4v) is 4.08. The lowest BCUT2D eigenvalue weighted by atomic mass is 10.0. The molecule has 1 fully saturated rings. The molecule has 0 saturated carbocycles. The summed E-state index contributed by atoms with van der Waals surface area (Å²) in [6.07, 6.45) is 14.0. The highest BCUT2D eigenvalue weighted by Crippen LogP contribution is 2.41. The molecule has 1 aromatic heterocycles. The molecule has 3 unspecified atom stereocenters. The Morgan fingerprint density at radius 3 is 2.74 bits per heavy atom. The predicted octanol–water partition coefficient (Wildman–Crippen LogP) is 5.02. The van der Waals surface area contributed by atoms with E-state index < -0.39 is 5.79 Å². The number of ether oxygens (including phenoxy) is 2. The van der Waals surface area contributed by atoms with Crippen molar-refractivity contribution in [2.24, 2.45) is 0 Å². The van der Waals surface area contributed by atoms with Crippen LogP contribution in [-0.4, -0.2) is 33.1 Å². The normalized spacial score (nSPS) is 25.8. The summed E-state index contributed by atoms with van der Waals surface area (Å²) in [5.41, 5.74) is 0.166. The zero-order chi connectivity index (χ0) is 16.5. The summed E-state index contributed by atoms with van der Waals surface area (Å²) in [7, 11) is 0. The van der Waals surface area contributed by atoms with Crippen LogP contribution < -0.4 is 0 Å². The van der Waals surface area contributed by atoms with Gasteiger partial charge in [-0.1, -0.05) is 39.5 Å². The van der Waals surface area contributed by atoms with Crippen LogP contribution >= 0.6 is 11.8 Å². The molecular formula is C18H32N2O2S. The van der Waals surface area contributed by atoms with E-state index in [-0.39, 0.29) is 11.5 Å². The highest BCUT2D eigenvalue weighted by molar-refractivity contribution is 7.99. The molecule has 132 valence electrons. The van der Waals surface area contributed by atoms with E-state index >= 15 is 0 Å². The minimum atomic E-state index is -0.502. The van der Waals surface area contributed by atoms with Crippen molar-refractivity contribution in [3.8, 4) is 0 Å². The molecule has 1 aromatic rings. The summed E-state index contributed by atoms with van der Waals surface area (Å²) in [6, 6.07) is 0.142. The van der Waals surface area contributed by atoms with Crippen LogP contribution in [0.25, 0.3) is 0 Å². The van der Waals surface area contributed by atoms with Crippen LogP contribution in [0.1, 0.15) is 71.8 Å². The standard InChI is InChI=1S/C18H32N2O2S/c1-4-6-8-10-18(16(3)20-12-11-19-15-20)21-14-17(22-18)23-13-9-7-5-2/h11-12,15-17H,4-10,13-14H2,1-3H3. The minimum Gasteiger partial charge on any atom is -0.344 e. The van der Waals surface area contributed by atoms with Crippen molar-refractivity contribution in [3.63, 3.8) is 0 Å². The number of hydrogen-bond donors (Lipinski definition) is 0. The topological polar surface area (TPSA) is 36.3 Å². The monoisotopic (exact) mass is 340 g/mol. The van der Waals surface area contributed by atoms with E-state index in [1.807, 2.05) is 30.5 Å². The van der Waals surface area contributed by atoms with Crippen molar-refractivity contribution in [2.45, 2.75) is 83.0 Å². The van der Waals surface area contributed by atoms with Crippen molar-refractivity contribution in [3.05, 3.63) is 18.7 Å². The van der Waals surface area contributed by atoms with E-state index in [1.54, 1.807) is 0 Å². The van der Waals surface area contributed by atoms with Gasteiger partial charge in [0.05, 0.1) is 19.0 Å². The highest BCUT2D eigenvalue weighted by Gasteiger charge is 2.46. The summed E-state index contributed by atoms with van der Waals surface area (Å²) in [5.74, 6) is 0.657. The Morgan fingerprint density at radius 2 is 2.04 bits per heavy atom. The maximum Gasteiger partial charge on any atom is 0.190 e. The average molecular weight is 341 g/mol. The summed E-state index contributed by atoms with van der Waals surface area (Å²) in [4.78, 5) is 4.18. The van der Waals surface area contributed by atoms with Gasteiger partial charge >= 0.3 is 0 Å². The van der Waals surface area contributed by atoms with Crippen LogP contribution in [-0.2, 0) is 9.47 Å². The van der Waals surface area contributed by atoms with Gasteiger partial charge in [-0.25, -0.2) is 4.98 Å². The molecule has 23 heavy (non-hydrogen) atoms. The number of aromatic nitrogens is 2. The first-order valence-corrected chi connectivity index (χ1v) is 10.2. The third-order valence-electron chi connectivity index (χ3n) is 4.58. The first-order chi connectivity index (χ1) is 11.2. The quantitative estimate of drug-likeness (QED) is 0.530. The third-order valence-corrected chi connectivity index (χ3v) is 5.71. The Kier molecular flexibility index (Phi) is 7.93. The summed E-state index contributed by atoms with van der Waals surface area (Å²) in [6.45, 7) is 7.35. The molecule has 1 aliphatic rings. The maximum atomic E-state index is 6.45. The first kappa shape index (κ1) is 18.8. The molecule has 4 nitrogen and oxygen atoms in total. The Hall–Kier alpha value is -0.520. The first-order valence-electron chi connectivity index (χ1n) is 9.12. The largest absolute Gasteiger partial charge is 0.344 e. The second kappa shape index (κ2) is 9.70. The zero-order valence-corrected chi connectivity index (χ0v) is 15.7. The number of imidazole rings is 1. The Bertz CT molecular complexity index is 427. The van der Waals surface area contributed by atoms with Crippen molar-refractivity contribution in [2.75, 3.05) is 12.4 Å². The van der Waals surface area contributed by atoms with Gasteiger partial charge in [0.15, 0.2) is 5.79 Å². The van der Waals surface area contributed by atoms with Gasteiger partial charge in [-0.2, -0.15) is 0 Å². The van der Waals surface area contributed by atoms with Crippen LogP contribution in [0.2, 0.25) is 0 Å².